The topological polar surface area (TPSA) is 79.3 Å². The molecule has 1 atom stereocenters. The van der Waals surface area contributed by atoms with Gasteiger partial charge in [-0.25, -0.2) is 4.79 Å². The van der Waals surface area contributed by atoms with Crippen molar-refractivity contribution in [1.82, 2.24) is 4.37 Å². The van der Waals surface area contributed by atoms with Crippen molar-refractivity contribution in [2.45, 2.75) is 12.3 Å². The van der Waals surface area contributed by atoms with Crippen molar-refractivity contribution in [2.75, 3.05) is 5.32 Å². The van der Waals surface area contributed by atoms with Gasteiger partial charge in [0.15, 0.2) is 5.69 Å². The molecule has 0 aliphatic carbocycles. The molecular weight excluding hydrogens is 272 g/mol. The average Bonchev–Trinajstić information content (AvgIpc) is 2.96. The van der Waals surface area contributed by atoms with E-state index in [0.717, 1.165) is 21.3 Å². The first-order valence-electron chi connectivity index (χ1n) is 5.23. The Labute approximate surface area is 110 Å². The van der Waals surface area contributed by atoms with E-state index in [4.69, 9.17) is 5.11 Å². The molecule has 3 heterocycles. The summed E-state index contributed by atoms with van der Waals surface area (Å²) in [4.78, 5) is 24.6. The zero-order chi connectivity index (χ0) is 12.7. The molecule has 18 heavy (non-hydrogen) atoms. The summed E-state index contributed by atoms with van der Waals surface area (Å²) in [5.74, 6) is -1.34. The van der Waals surface area contributed by atoms with Gasteiger partial charge in [0.25, 0.3) is 0 Å². The van der Waals surface area contributed by atoms with E-state index in [-0.39, 0.29) is 17.5 Å². The van der Waals surface area contributed by atoms with Crippen molar-refractivity contribution in [1.29, 1.82) is 0 Å². The van der Waals surface area contributed by atoms with E-state index in [2.05, 4.69) is 9.69 Å². The Morgan fingerprint density at radius 2 is 2.39 bits per heavy atom. The summed E-state index contributed by atoms with van der Waals surface area (Å²) in [5.41, 5.74) is 0.298. The minimum atomic E-state index is -1.11. The van der Waals surface area contributed by atoms with E-state index in [1.165, 1.54) is 0 Å². The molecule has 0 bridgehead atoms. The van der Waals surface area contributed by atoms with Crippen LogP contribution in [0.5, 0.6) is 0 Å². The second-order valence-corrected chi connectivity index (χ2v) is 5.68. The maximum atomic E-state index is 11.7. The Bertz CT molecular complexity index is 618. The number of rotatable bonds is 2. The number of amides is 1. The van der Waals surface area contributed by atoms with Crippen LogP contribution >= 0.6 is 22.9 Å². The number of hydrogen-bond acceptors (Lipinski definition) is 5. The zero-order valence-corrected chi connectivity index (χ0v) is 10.7. The van der Waals surface area contributed by atoms with Gasteiger partial charge in [0.1, 0.15) is 0 Å². The van der Waals surface area contributed by atoms with Crippen LogP contribution in [0, 0.1) is 0 Å². The fraction of sp³-hybridized carbons (Fsp3) is 0.182. The van der Waals surface area contributed by atoms with E-state index >= 15 is 0 Å². The standard InChI is InChI=1S/C11H8N2O3S2/c14-7-4-5(6-2-1-3-17-6)10-8(12-7)9(11(15)16)13-18-10/h1-3,5H,4H2,(H,12,14)(H,15,16). The van der Waals surface area contributed by atoms with E-state index in [9.17, 15) is 9.59 Å². The third kappa shape index (κ3) is 1.72. The number of carbonyl (C=O) groups excluding carboxylic acids is 1. The van der Waals surface area contributed by atoms with Crippen molar-refractivity contribution >= 4 is 40.4 Å². The van der Waals surface area contributed by atoms with E-state index in [0.29, 0.717) is 12.1 Å². The third-order valence-electron chi connectivity index (χ3n) is 2.78. The fourth-order valence-corrected chi connectivity index (χ4v) is 3.84. The third-order valence-corrected chi connectivity index (χ3v) is 4.72. The molecule has 0 fully saturated rings. The molecule has 1 aliphatic heterocycles. The lowest BCUT2D eigenvalue weighted by molar-refractivity contribution is -0.116. The Morgan fingerprint density at radius 1 is 1.56 bits per heavy atom. The highest BCUT2D eigenvalue weighted by molar-refractivity contribution is 7.10. The van der Waals surface area contributed by atoms with Gasteiger partial charge < -0.3 is 10.4 Å². The summed E-state index contributed by atoms with van der Waals surface area (Å²) in [6.45, 7) is 0. The monoisotopic (exact) mass is 280 g/mol. The van der Waals surface area contributed by atoms with E-state index in [1.807, 2.05) is 17.5 Å². The molecule has 7 heteroatoms. The summed E-state index contributed by atoms with van der Waals surface area (Å²) in [6.07, 6.45) is 0.342. The average molecular weight is 280 g/mol. The van der Waals surface area contributed by atoms with Gasteiger partial charge in [-0.15, -0.1) is 11.3 Å². The smallest absolute Gasteiger partial charge is 0.357 e. The number of nitrogens with one attached hydrogen (secondary N) is 1. The second-order valence-electron chi connectivity index (χ2n) is 3.90. The van der Waals surface area contributed by atoms with Crippen molar-refractivity contribution in [3.05, 3.63) is 33.0 Å². The molecule has 5 nitrogen and oxygen atoms in total. The number of carboxylic acids is 1. The molecular formula is C11H8N2O3S2. The summed E-state index contributed by atoms with van der Waals surface area (Å²) in [7, 11) is 0. The first-order valence-corrected chi connectivity index (χ1v) is 6.88. The van der Waals surface area contributed by atoms with Crippen molar-refractivity contribution < 1.29 is 14.7 Å². The van der Waals surface area contributed by atoms with Crippen molar-refractivity contribution in [3.8, 4) is 0 Å². The number of anilines is 1. The number of thiophene rings is 1. The molecule has 2 N–H and O–H groups in total. The van der Waals surface area contributed by atoms with Crippen LogP contribution in [0.2, 0.25) is 0 Å². The summed E-state index contributed by atoms with van der Waals surface area (Å²) >= 11 is 2.71. The highest BCUT2D eigenvalue weighted by Gasteiger charge is 2.33. The largest absolute Gasteiger partial charge is 0.476 e. The Balaban J connectivity index is 2.12. The van der Waals surface area contributed by atoms with Crippen LogP contribution in [0.3, 0.4) is 0 Å². The van der Waals surface area contributed by atoms with Crippen LogP contribution in [0.25, 0.3) is 0 Å². The van der Waals surface area contributed by atoms with Crippen LogP contribution in [0.1, 0.15) is 32.6 Å². The van der Waals surface area contributed by atoms with Crippen LogP contribution in [0.4, 0.5) is 5.69 Å². The molecule has 0 saturated carbocycles. The summed E-state index contributed by atoms with van der Waals surface area (Å²) in [6, 6.07) is 3.88. The fourth-order valence-electron chi connectivity index (χ4n) is 2.00. The Kier molecular flexibility index (Phi) is 2.64. The molecule has 92 valence electrons. The van der Waals surface area contributed by atoms with Crippen LogP contribution in [-0.4, -0.2) is 21.4 Å². The van der Waals surface area contributed by atoms with Gasteiger partial charge in [-0.2, -0.15) is 4.37 Å². The number of hydrogen-bond donors (Lipinski definition) is 2. The molecule has 2 aromatic heterocycles. The van der Waals surface area contributed by atoms with Crippen LogP contribution in [0.15, 0.2) is 17.5 Å². The molecule has 0 aromatic carbocycles. The van der Waals surface area contributed by atoms with Gasteiger partial charge in [-0.1, -0.05) is 6.07 Å². The van der Waals surface area contributed by atoms with Gasteiger partial charge in [0.2, 0.25) is 5.91 Å². The van der Waals surface area contributed by atoms with Crippen molar-refractivity contribution in [2.24, 2.45) is 0 Å². The predicted molar refractivity (Wildman–Crippen MR) is 68.5 cm³/mol. The quantitative estimate of drug-likeness (QED) is 0.885. The molecule has 0 spiro atoms. The molecule has 1 aliphatic rings. The maximum Gasteiger partial charge on any atom is 0.357 e. The predicted octanol–water partition coefficient (Wildman–Crippen LogP) is 2.38. The number of nitrogens with zero attached hydrogens (tertiary/aromatic N) is 1. The molecule has 1 amide bonds. The van der Waals surface area contributed by atoms with E-state index < -0.39 is 5.97 Å². The van der Waals surface area contributed by atoms with Gasteiger partial charge in [-0.05, 0) is 23.0 Å². The maximum absolute atomic E-state index is 11.7. The zero-order valence-electron chi connectivity index (χ0n) is 9.04. The Morgan fingerprint density at radius 3 is 3.06 bits per heavy atom. The van der Waals surface area contributed by atoms with Gasteiger partial charge in [0.05, 0.1) is 10.6 Å². The van der Waals surface area contributed by atoms with E-state index in [1.54, 1.807) is 11.3 Å². The van der Waals surface area contributed by atoms with Gasteiger partial charge >= 0.3 is 5.97 Å². The lowest BCUT2D eigenvalue weighted by atomic mass is 9.96. The minimum absolute atomic E-state index is 0.0652. The highest BCUT2D eigenvalue weighted by Crippen LogP contribution is 2.42. The number of carboxylic acid groups (broad SMARTS) is 1. The Hall–Kier alpha value is -1.73. The SMILES string of the molecule is O=C1CC(c2cccs2)c2snc(C(=O)O)c2N1. The second kappa shape index (κ2) is 4.18. The molecule has 1 unspecified atom stereocenters. The minimum Gasteiger partial charge on any atom is -0.476 e. The molecule has 0 saturated heterocycles. The van der Waals surface area contributed by atoms with Crippen LogP contribution in [-0.2, 0) is 4.79 Å². The normalized spacial score (nSPS) is 18.2. The molecule has 0 radical (unpaired) electrons. The molecule has 2 aromatic rings. The number of aromatic nitrogens is 1. The highest BCUT2D eigenvalue weighted by atomic mass is 32.1. The van der Waals surface area contributed by atoms with Gasteiger partial charge in [0, 0.05) is 17.2 Å². The lowest BCUT2D eigenvalue weighted by Gasteiger charge is -2.20. The van der Waals surface area contributed by atoms with Crippen molar-refractivity contribution in [3.63, 3.8) is 0 Å². The number of fused-ring (bicyclic) bond motifs is 1. The lowest BCUT2D eigenvalue weighted by Crippen LogP contribution is -2.23. The molecule has 3 rings (SSSR count). The number of carbonyl (C=O) groups is 2. The summed E-state index contributed by atoms with van der Waals surface area (Å²) in [5, 5.41) is 13.6. The first-order chi connectivity index (χ1) is 8.66. The van der Waals surface area contributed by atoms with Gasteiger partial charge in [-0.3, -0.25) is 4.79 Å². The summed E-state index contributed by atoms with van der Waals surface area (Å²) < 4.78 is 3.92. The number of aromatic carboxylic acids is 1. The van der Waals surface area contributed by atoms with Crippen LogP contribution < -0.4 is 5.32 Å². The first kappa shape index (κ1) is 11.4.